The Hall–Kier alpha value is -3.45. The minimum Gasteiger partial charge on any atom is -0.441 e. The molecule has 4 rings (SSSR count). The van der Waals surface area contributed by atoms with E-state index < -0.39 is 0 Å². The van der Waals surface area contributed by atoms with Crippen molar-refractivity contribution < 1.29 is 9.21 Å². The fraction of sp³-hybridized carbons (Fsp3) is 0.280. The van der Waals surface area contributed by atoms with Gasteiger partial charge >= 0.3 is 0 Å². The van der Waals surface area contributed by atoms with Crippen molar-refractivity contribution >= 4 is 28.4 Å². The van der Waals surface area contributed by atoms with Crippen LogP contribution in [-0.4, -0.2) is 32.3 Å². The van der Waals surface area contributed by atoms with Gasteiger partial charge in [-0.05, 0) is 31.5 Å². The number of fused-ring (bicyclic) bond motifs is 1. The monoisotopic (exact) mass is 464 g/mol. The highest BCUT2D eigenvalue weighted by molar-refractivity contribution is 6.31. The number of H-pyrrole nitrogens is 1. The summed E-state index contributed by atoms with van der Waals surface area (Å²) in [5, 5.41) is 0.966. The summed E-state index contributed by atoms with van der Waals surface area (Å²) in [6.07, 6.45) is 3.11. The first-order valence-corrected chi connectivity index (χ1v) is 11.3. The van der Waals surface area contributed by atoms with Crippen LogP contribution in [0.1, 0.15) is 37.0 Å². The number of rotatable bonds is 8. The SMILES string of the molecule is CCCN(Cc1nc2cc(Cl)ccc2c(=O)[nH]1)C(=O)CCc1ncc(-c2ccc(C)cc2)o1. The van der Waals surface area contributed by atoms with Crippen LogP contribution in [0.3, 0.4) is 0 Å². The normalized spacial score (nSPS) is 11.1. The fourth-order valence-corrected chi connectivity index (χ4v) is 3.79. The molecule has 0 bridgehead atoms. The lowest BCUT2D eigenvalue weighted by Gasteiger charge is -2.21. The Bertz CT molecular complexity index is 1330. The summed E-state index contributed by atoms with van der Waals surface area (Å²) in [7, 11) is 0. The zero-order valence-electron chi connectivity index (χ0n) is 18.6. The maximum absolute atomic E-state index is 12.9. The second kappa shape index (κ2) is 10.0. The van der Waals surface area contributed by atoms with Gasteiger partial charge in [0.1, 0.15) is 5.82 Å². The molecule has 0 aliphatic carbocycles. The summed E-state index contributed by atoms with van der Waals surface area (Å²) in [5.74, 6) is 1.57. The van der Waals surface area contributed by atoms with Crippen LogP contribution in [0.4, 0.5) is 0 Å². The van der Waals surface area contributed by atoms with Gasteiger partial charge in [0.25, 0.3) is 5.56 Å². The topological polar surface area (TPSA) is 92.1 Å². The molecule has 2 aromatic carbocycles. The molecule has 0 spiro atoms. The summed E-state index contributed by atoms with van der Waals surface area (Å²) < 4.78 is 5.84. The number of hydrogen-bond acceptors (Lipinski definition) is 5. The summed E-state index contributed by atoms with van der Waals surface area (Å²) in [4.78, 5) is 38.6. The summed E-state index contributed by atoms with van der Waals surface area (Å²) in [5.41, 5.74) is 2.38. The molecule has 2 aromatic heterocycles. The molecule has 0 unspecified atom stereocenters. The first kappa shape index (κ1) is 22.7. The number of hydrogen-bond donors (Lipinski definition) is 1. The van der Waals surface area contributed by atoms with Crippen LogP contribution >= 0.6 is 11.6 Å². The average Bonchev–Trinajstić information content (AvgIpc) is 3.26. The molecule has 0 aliphatic heterocycles. The van der Waals surface area contributed by atoms with Crippen molar-refractivity contribution in [3.05, 3.63) is 81.3 Å². The molecule has 4 aromatic rings. The van der Waals surface area contributed by atoms with E-state index in [0.717, 1.165) is 12.0 Å². The second-order valence-corrected chi connectivity index (χ2v) is 8.41. The maximum Gasteiger partial charge on any atom is 0.258 e. The average molecular weight is 465 g/mol. The largest absolute Gasteiger partial charge is 0.441 e. The molecule has 170 valence electrons. The molecule has 1 amide bonds. The number of carbonyl (C=O) groups excluding carboxylic acids is 1. The maximum atomic E-state index is 12.9. The molecule has 0 saturated heterocycles. The quantitative estimate of drug-likeness (QED) is 0.400. The predicted octanol–water partition coefficient (Wildman–Crippen LogP) is 4.91. The van der Waals surface area contributed by atoms with Crippen LogP contribution in [-0.2, 0) is 17.8 Å². The van der Waals surface area contributed by atoms with E-state index in [1.807, 2.05) is 38.1 Å². The molecule has 2 heterocycles. The standard InChI is InChI=1S/C25H25ClN4O3/c1-3-12-30(15-22-28-20-13-18(26)8-9-19(20)25(32)29-22)24(31)11-10-23-27-14-21(33-23)17-6-4-16(2)5-7-17/h4-9,13-14H,3,10-12,15H2,1-2H3,(H,28,29,32). The molecule has 0 radical (unpaired) electrons. The van der Waals surface area contributed by atoms with E-state index in [-0.39, 0.29) is 24.4 Å². The Morgan fingerprint density at radius 3 is 2.73 bits per heavy atom. The van der Waals surface area contributed by atoms with Crippen LogP contribution in [0.25, 0.3) is 22.2 Å². The van der Waals surface area contributed by atoms with Crippen molar-refractivity contribution in [1.82, 2.24) is 19.9 Å². The number of carbonyl (C=O) groups is 1. The van der Waals surface area contributed by atoms with E-state index >= 15 is 0 Å². The number of benzene rings is 2. The van der Waals surface area contributed by atoms with Crippen LogP contribution in [0.5, 0.6) is 0 Å². The number of aryl methyl sites for hydroxylation is 2. The van der Waals surface area contributed by atoms with E-state index in [1.165, 1.54) is 5.56 Å². The number of halogens is 1. The highest BCUT2D eigenvalue weighted by Crippen LogP contribution is 2.21. The number of nitrogens with one attached hydrogen (secondary N) is 1. The molecule has 0 atom stereocenters. The Morgan fingerprint density at radius 1 is 1.18 bits per heavy atom. The predicted molar refractivity (Wildman–Crippen MR) is 128 cm³/mol. The van der Waals surface area contributed by atoms with Crippen LogP contribution < -0.4 is 5.56 Å². The minimum absolute atomic E-state index is 0.0548. The van der Waals surface area contributed by atoms with Crippen LogP contribution in [0.2, 0.25) is 5.02 Å². The Kier molecular flexibility index (Phi) is 6.89. The van der Waals surface area contributed by atoms with Gasteiger partial charge in [-0.3, -0.25) is 9.59 Å². The van der Waals surface area contributed by atoms with E-state index in [2.05, 4.69) is 15.0 Å². The van der Waals surface area contributed by atoms with Gasteiger partial charge in [0.15, 0.2) is 11.7 Å². The zero-order chi connectivity index (χ0) is 23.4. The van der Waals surface area contributed by atoms with Crippen molar-refractivity contribution in [3.63, 3.8) is 0 Å². The van der Waals surface area contributed by atoms with Gasteiger partial charge in [-0.1, -0.05) is 48.4 Å². The highest BCUT2D eigenvalue weighted by Gasteiger charge is 2.17. The Labute approximate surface area is 196 Å². The smallest absolute Gasteiger partial charge is 0.258 e. The lowest BCUT2D eigenvalue weighted by atomic mass is 10.1. The summed E-state index contributed by atoms with van der Waals surface area (Å²) >= 11 is 6.04. The van der Waals surface area contributed by atoms with E-state index in [1.54, 1.807) is 29.3 Å². The fourth-order valence-electron chi connectivity index (χ4n) is 3.63. The molecule has 0 fully saturated rings. The van der Waals surface area contributed by atoms with Crippen molar-refractivity contribution in [2.75, 3.05) is 6.54 Å². The summed E-state index contributed by atoms with van der Waals surface area (Å²) in [6, 6.07) is 12.9. The Balaban J connectivity index is 1.44. The molecule has 0 aliphatic rings. The van der Waals surface area contributed by atoms with Crippen molar-refractivity contribution in [2.24, 2.45) is 0 Å². The van der Waals surface area contributed by atoms with Crippen LogP contribution in [0, 0.1) is 6.92 Å². The van der Waals surface area contributed by atoms with Crippen molar-refractivity contribution in [2.45, 2.75) is 39.7 Å². The number of amides is 1. The molecule has 1 N–H and O–H groups in total. The van der Waals surface area contributed by atoms with Crippen molar-refractivity contribution in [1.29, 1.82) is 0 Å². The molecular formula is C25H25ClN4O3. The molecular weight excluding hydrogens is 440 g/mol. The number of aromatic amines is 1. The van der Waals surface area contributed by atoms with E-state index in [4.69, 9.17) is 16.0 Å². The van der Waals surface area contributed by atoms with E-state index in [0.29, 0.717) is 46.4 Å². The van der Waals surface area contributed by atoms with Crippen molar-refractivity contribution in [3.8, 4) is 11.3 Å². The molecule has 0 saturated carbocycles. The zero-order valence-corrected chi connectivity index (χ0v) is 19.4. The van der Waals surface area contributed by atoms with Gasteiger partial charge in [-0.25, -0.2) is 9.97 Å². The first-order valence-electron chi connectivity index (χ1n) is 10.9. The van der Waals surface area contributed by atoms with Gasteiger partial charge in [-0.2, -0.15) is 0 Å². The number of aromatic nitrogens is 3. The first-order chi connectivity index (χ1) is 15.9. The van der Waals surface area contributed by atoms with Gasteiger partial charge in [-0.15, -0.1) is 0 Å². The molecule has 7 nitrogen and oxygen atoms in total. The third kappa shape index (κ3) is 5.49. The highest BCUT2D eigenvalue weighted by atomic mass is 35.5. The second-order valence-electron chi connectivity index (χ2n) is 7.97. The van der Waals surface area contributed by atoms with Gasteiger partial charge < -0.3 is 14.3 Å². The summed E-state index contributed by atoms with van der Waals surface area (Å²) in [6.45, 7) is 4.79. The number of nitrogens with zero attached hydrogens (tertiary/aromatic N) is 3. The van der Waals surface area contributed by atoms with E-state index in [9.17, 15) is 9.59 Å². The lowest BCUT2D eigenvalue weighted by Crippen LogP contribution is -2.33. The molecule has 8 heteroatoms. The van der Waals surface area contributed by atoms with Gasteiger partial charge in [0, 0.05) is 30.0 Å². The Morgan fingerprint density at radius 2 is 1.97 bits per heavy atom. The third-order valence-electron chi connectivity index (χ3n) is 5.35. The minimum atomic E-state index is -0.251. The van der Waals surface area contributed by atoms with Gasteiger partial charge in [0.2, 0.25) is 5.91 Å². The molecule has 33 heavy (non-hydrogen) atoms. The van der Waals surface area contributed by atoms with Crippen LogP contribution in [0.15, 0.2) is 57.9 Å². The lowest BCUT2D eigenvalue weighted by molar-refractivity contribution is -0.132. The van der Waals surface area contributed by atoms with Gasteiger partial charge in [0.05, 0.1) is 23.6 Å². The third-order valence-corrected chi connectivity index (χ3v) is 5.58. The number of oxazole rings is 1.